The third kappa shape index (κ3) is 6.15. The fourth-order valence-corrected chi connectivity index (χ4v) is 3.08. The number of nitrogens with zero attached hydrogens (tertiary/aromatic N) is 2. The van der Waals surface area contributed by atoms with Crippen LogP contribution in [0.25, 0.3) is 6.08 Å². The van der Waals surface area contributed by atoms with Gasteiger partial charge in [-0.25, -0.2) is 4.39 Å². The zero-order valence-corrected chi connectivity index (χ0v) is 16.3. The molecule has 0 bridgehead atoms. The van der Waals surface area contributed by atoms with Gasteiger partial charge in [0.05, 0.1) is 13.7 Å². The van der Waals surface area contributed by atoms with Crippen molar-refractivity contribution < 1.29 is 18.7 Å². The summed E-state index contributed by atoms with van der Waals surface area (Å²) < 4.78 is 18.3. The van der Waals surface area contributed by atoms with E-state index in [1.807, 2.05) is 29.2 Å². The lowest BCUT2D eigenvalue weighted by molar-refractivity contribution is -0.127. The highest BCUT2D eigenvalue weighted by atomic mass is 19.1. The van der Waals surface area contributed by atoms with Crippen molar-refractivity contribution >= 4 is 23.6 Å². The van der Waals surface area contributed by atoms with Gasteiger partial charge in [0.15, 0.2) is 0 Å². The number of halogens is 1. The van der Waals surface area contributed by atoms with Gasteiger partial charge in [0.25, 0.3) is 0 Å². The molecular weight excluding hydrogens is 373 g/mol. The van der Waals surface area contributed by atoms with Gasteiger partial charge >= 0.3 is 0 Å². The second-order valence-electron chi connectivity index (χ2n) is 6.77. The summed E-state index contributed by atoms with van der Waals surface area (Å²) in [7, 11) is 1.61. The van der Waals surface area contributed by atoms with E-state index in [4.69, 9.17) is 4.74 Å². The lowest BCUT2D eigenvalue weighted by Gasteiger charge is -2.33. The average Bonchev–Trinajstić information content (AvgIpc) is 2.73. The van der Waals surface area contributed by atoms with Crippen LogP contribution >= 0.6 is 0 Å². The molecule has 1 aliphatic rings. The van der Waals surface area contributed by atoms with Crippen molar-refractivity contribution in [3.05, 3.63) is 66.0 Å². The maximum atomic E-state index is 13.2. The highest BCUT2D eigenvalue weighted by Crippen LogP contribution is 2.13. The fourth-order valence-electron chi connectivity index (χ4n) is 3.08. The molecule has 0 saturated carbocycles. The molecule has 29 heavy (non-hydrogen) atoms. The Bertz CT molecular complexity index is 875. The van der Waals surface area contributed by atoms with Crippen molar-refractivity contribution in [2.24, 2.45) is 0 Å². The first-order valence-electron chi connectivity index (χ1n) is 9.42. The Morgan fingerprint density at radius 3 is 2.48 bits per heavy atom. The minimum atomic E-state index is -0.391. The Balaban J connectivity index is 1.43. The standard InChI is InChI=1S/C22H24FN3O3/c1-29-20-8-5-17(6-9-20)7-10-22(28)26-13-11-25(12-14-26)16-21(27)24-19-4-2-3-18(23)15-19/h2-10,15H,11-14,16H2,1H3,(H,24,27)/b10-7+. The Morgan fingerprint density at radius 2 is 1.83 bits per heavy atom. The minimum absolute atomic E-state index is 0.0512. The molecule has 3 rings (SSSR count). The minimum Gasteiger partial charge on any atom is -0.497 e. The largest absolute Gasteiger partial charge is 0.497 e. The molecule has 0 aromatic heterocycles. The van der Waals surface area contributed by atoms with E-state index in [2.05, 4.69) is 5.32 Å². The molecule has 0 unspecified atom stereocenters. The number of carbonyl (C=O) groups is 2. The zero-order chi connectivity index (χ0) is 20.6. The van der Waals surface area contributed by atoms with Gasteiger partial charge in [0.1, 0.15) is 11.6 Å². The van der Waals surface area contributed by atoms with E-state index < -0.39 is 5.82 Å². The molecule has 1 aliphatic heterocycles. The molecule has 0 radical (unpaired) electrons. The Labute approximate surface area is 169 Å². The van der Waals surface area contributed by atoms with Crippen molar-refractivity contribution in [3.8, 4) is 5.75 Å². The Kier molecular flexibility index (Phi) is 6.97. The summed E-state index contributed by atoms with van der Waals surface area (Å²) in [6.07, 6.45) is 3.34. The van der Waals surface area contributed by atoms with Crippen molar-refractivity contribution in [1.29, 1.82) is 0 Å². The average molecular weight is 397 g/mol. The van der Waals surface area contributed by atoms with Crippen molar-refractivity contribution in [3.63, 3.8) is 0 Å². The number of ether oxygens (including phenoxy) is 1. The summed E-state index contributed by atoms with van der Waals surface area (Å²) in [5.41, 5.74) is 1.36. The number of anilines is 1. The molecule has 1 heterocycles. The first-order chi connectivity index (χ1) is 14.0. The summed E-state index contributed by atoms with van der Waals surface area (Å²) >= 11 is 0. The predicted molar refractivity (Wildman–Crippen MR) is 110 cm³/mol. The van der Waals surface area contributed by atoms with Gasteiger partial charge in [-0.15, -0.1) is 0 Å². The quantitative estimate of drug-likeness (QED) is 0.762. The molecule has 0 spiro atoms. The normalized spacial score (nSPS) is 14.8. The van der Waals surface area contributed by atoms with Crippen molar-refractivity contribution in [2.45, 2.75) is 0 Å². The van der Waals surface area contributed by atoms with E-state index in [1.54, 1.807) is 36.3 Å². The number of piperazine rings is 1. The van der Waals surface area contributed by atoms with Crippen LogP contribution in [0.4, 0.5) is 10.1 Å². The molecule has 1 saturated heterocycles. The Morgan fingerprint density at radius 1 is 1.10 bits per heavy atom. The van der Waals surface area contributed by atoms with E-state index in [0.717, 1.165) is 11.3 Å². The number of rotatable bonds is 6. The van der Waals surface area contributed by atoms with Crippen molar-refractivity contribution in [1.82, 2.24) is 9.80 Å². The van der Waals surface area contributed by atoms with Crippen LogP contribution in [-0.4, -0.2) is 61.4 Å². The monoisotopic (exact) mass is 397 g/mol. The predicted octanol–water partition coefficient (Wildman–Crippen LogP) is 2.63. The van der Waals surface area contributed by atoms with E-state index in [1.165, 1.54) is 12.1 Å². The molecule has 2 aromatic carbocycles. The van der Waals surface area contributed by atoms with Crippen LogP contribution < -0.4 is 10.1 Å². The van der Waals surface area contributed by atoms with Crippen LogP contribution in [0.1, 0.15) is 5.56 Å². The van der Waals surface area contributed by atoms with Gasteiger partial charge in [-0.2, -0.15) is 0 Å². The lowest BCUT2D eigenvalue weighted by Crippen LogP contribution is -2.50. The van der Waals surface area contributed by atoms with Crippen LogP contribution in [0.3, 0.4) is 0 Å². The molecule has 7 heteroatoms. The van der Waals surface area contributed by atoms with Gasteiger partial charge in [-0.05, 0) is 42.0 Å². The van der Waals surface area contributed by atoms with E-state index in [0.29, 0.717) is 31.9 Å². The number of hydrogen-bond acceptors (Lipinski definition) is 4. The molecule has 0 atom stereocenters. The molecule has 1 fully saturated rings. The van der Waals surface area contributed by atoms with E-state index >= 15 is 0 Å². The van der Waals surface area contributed by atoms with Crippen LogP contribution in [0, 0.1) is 5.82 Å². The Hall–Kier alpha value is -3.19. The van der Waals surface area contributed by atoms with Gasteiger partial charge in [0, 0.05) is 37.9 Å². The van der Waals surface area contributed by atoms with Crippen LogP contribution in [0.2, 0.25) is 0 Å². The first kappa shape index (κ1) is 20.5. The fraction of sp³-hybridized carbons (Fsp3) is 0.273. The van der Waals surface area contributed by atoms with Gasteiger partial charge in [-0.3, -0.25) is 14.5 Å². The maximum Gasteiger partial charge on any atom is 0.246 e. The highest BCUT2D eigenvalue weighted by Gasteiger charge is 2.21. The van der Waals surface area contributed by atoms with Crippen LogP contribution in [-0.2, 0) is 9.59 Å². The van der Waals surface area contributed by atoms with Crippen LogP contribution in [0.5, 0.6) is 5.75 Å². The highest BCUT2D eigenvalue weighted by molar-refractivity contribution is 5.93. The second-order valence-corrected chi connectivity index (χ2v) is 6.77. The smallest absolute Gasteiger partial charge is 0.246 e. The summed E-state index contributed by atoms with van der Waals surface area (Å²) in [5, 5.41) is 2.69. The SMILES string of the molecule is COc1ccc(/C=C/C(=O)N2CCN(CC(=O)Nc3cccc(F)c3)CC2)cc1. The third-order valence-corrected chi connectivity index (χ3v) is 4.69. The maximum absolute atomic E-state index is 13.2. The molecule has 152 valence electrons. The molecule has 2 amide bonds. The molecule has 2 aromatic rings. The lowest BCUT2D eigenvalue weighted by atomic mass is 10.2. The topological polar surface area (TPSA) is 61.9 Å². The number of methoxy groups -OCH3 is 1. The van der Waals surface area contributed by atoms with E-state index in [-0.39, 0.29) is 18.4 Å². The third-order valence-electron chi connectivity index (χ3n) is 4.69. The van der Waals surface area contributed by atoms with Gasteiger partial charge < -0.3 is 15.0 Å². The second kappa shape index (κ2) is 9.84. The zero-order valence-electron chi connectivity index (χ0n) is 16.3. The summed E-state index contributed by atoms with van der Waals surface area (Å²) in [6, 6.07) is 13.3. The summed E-state index contributed by atoms with van der Waals surface area (Å²) in [4.78, 5) is 28.3. The number of carbonyl (C=O) groups excluding carboxylic acids is 2. The first-order valence-corrected chi connectivity index (χ1v) is 9.42. The van der Waals surface area contributed by atoms with E-state index in [9.17, 15) is 14.0 Å². The van der Waals surface area contributed by atoms with Crippen molar-refractivity contribution in [2.75, 3.05) is 45.2 Å². The number of amides is 2. The number of benzene rings is 2. The molecule has 1 N–H and O–H groups in total. The number of hydrogen-bond donors (Lipinski definition) is 1. The molecular formula is C22H24FN3O3. The molecule has 0 aliphatic carbocycles. The molecule has 6 nitrogen and oxygen atoms in total. The van der Waals surface area contributed by atoms with Gasteiger partial charge in [0.2, 0.25) is 11.8 Å². The van der Waals surface area contributed by atoms with Gasteiger partial charge in [-0.1, -0.05) is 18.2 Å². The summed E-state index contributed by atoms with van der Waals surface area (Å²) in [5.74, 6) is 0.128. The van der Waals surface area contributed by atoms with Crippen LogP contribution in [0.15, 0.2) is 54.6 Å². The number of nitrogens with one attached hydrogen (secondary N) is 1. The summed E-state index contributed by atoms with van der Waals surface area (Å²) in [6.45, 7) is 2.54.